The van der Waals surface area contributed by atoms with Crippen LogP contribution in [-0.4, -0.2) is 42.5 Å². The Kier molecular flexibility index (Phi) is 9.68. The van der Waals surface area contributed by atoms with Crippen LogP contribution in [0.3, 0.4) is 0 Å². The van der Waals surface area contributed by atoms with Crippen LogP contribution in [0.25, 0.3) is 0 Å². The van der Waals surface area contributed by atoms with Crippen LogP contribution in [0.2, 0.25) is 5.02 Å². The van der Waals surface area contributed by atoms with E-state index >= 15 is 0 Å². The molecule has 1 amide bonds. The zero-order valence-electron chi connectivity index (χ0n) is 22.5. The highest BCUT2D eigenvalue weighted by Crippen LogP contribution is 2.34. The minimum Gasteiger partial charge on any atom is -0.507 e. The summed E-state index contributed by atoms with van der Waals surface area (Å²) < 4.78 is 10.6. The Morgan fingerprint density at radius 3 is 2.49 bits per heavy atom. The number of halogens is 1. The Balaban J connectivity index is 1.29. The highest BCUT2D eigenvalue weighted by Gasteiger charge is 2.40. The summed E-state index contributed by atoms with van der Waals surface area (Å²) in [5, 5.41) is 14.0. The smallest absolute Gasteiger partial charge is 0.346 e. The number of hydrogen-bond acceptors (Lipinski definition) is 6. The summed E-state index contributed by atoms with van der Waals surface area (Å²) in [6, 6.07) is 12.7. The summed E-state index contributed by atoms with van der Waals surface area (Å²) >= 11 is 6.02. The molecule has 0 radical (unpaired) electrons. The first-order valence-corrected chi connectivity index (χ1v) is 14.0. The molecule has 2 aliphatic rings. The minimum atomic E-state index is -0.710. The fourth-order valence-electron chi connectivity index (χ4n) is 5.43. The average molecular weight is 554 g/mol. The third-order valence-electron chi connectivity index (χ3n) is 7.65. The zero-order valence-corrected chi connectivity index (χ0v) is 23.3. The summed E-state index contributed by atoms with van der Waals surface area (Å²) in [5.41, 5.74) is 2.16. The second kappa shape index (κ2) is 13.2. The van der Waals surface area contributed by atoms with Crippen LogP contribution in [-0.2, 0) is 27.2 Å². The molecule has 208 valence electrons. The number of nitrogens with one attached hydrogen (secondary N) is 1. The van der Waals surface area contributed by atoms with Gasteiger partial charge >= 0.3 is 5.97 Å². The summed E-state index contributed by atoms with van der Waals surface area (Å²) in [7, 11) is 1.50. The maximum atomic E-state index is 13.1. The molecule has 1 aliphatic carbocycles. The van der Waals surface area contributed by atoms with E-state index in [1.165, 1.54) is 13.5 Å². The molecule has 1 heterocycles. The largest absolute Gasteiger partial charge is 0.507 e. The SMILES string of the molecule is COc1ccc(Cl)cc1C(=O)NCCc1ccc(C[C@H](C)C(=O)C2=C(O)[C@@H](CC3CCCCC3)OC2=O)cc1. The number of rotatable bonds is 11. The van der Waals surface area contributed by atoms with Crippen molar-refractivity contribution < 1.29 is 29.0 Å². The standard InChI is InChI=1S/C31H36ClNO6/c1-19(28(34)27-29(35)26(39-31(27)37)17-21-6-4-3-5-7-21)16-22-10-8-20(9-11-22)14-15-33-30(36)24-18-23(32)12-13-25(24)38-2/h8-13,18-19,21,26,35H,3-7,14-17H2,1-2H3,(H,33,36)/t19-,26+/m0/s1. The molecule has 2 N–H and O–H groups in total. The lowest BCUT2D eigenvalue weighted by atomic mass is 9.84. The molecule has 0 spiro atoms. The van der Waals surface area contributed by atoms with E-state index in [0.717, 1.165) is 36.8 Å². The first-order valence-electron chi connectivity index (χ1n) is 13.6. The monoisotopic (exact) mass is 553 g/mol. The van der Waals surface area contributed by atoms with Gasteiger partial charge in [-0.25, -0.2) is 4.79 Å². The van der Waals surface area contributed by atoms with Crippen molar-refractivity contribution in [2.45, 2.75) is 64.4 Å². The molecule has 0 unspecified atom stereocenters. The van der Waals surface area contributed by atoms with E-state index in [-0.39, 0.29) is 23.0 Å². The van der Waals surface area contributed by atoms with Gasteiger partial charge in [-0.3, -0.25) is 9.59 Å². The number of methoxy groups -OCH3 is 1. The van der Waals surface area contributed by atoms with Gasteiger partial charge in [0.2, 0.25) is 0 Å². The molecule has 1 saturated carbocycles. The number of hydrogen-bond donors (Lipinski definition) is 2. The number of carbonyl (C=O) groups excluding carboxylic acids is 3. The molecule has 7 nitrogen and oxygen atoms in total. The predicted octanol–water partition coefficient (Wildman–Crippen LogP) is 5.78. The average Bonchev–Trinajstić information content (AvgIpc) is 3.21. The van der Waals surface area contributed by atoms with Gasteiger partial charge < -0.3 is 19.9 Å². The fraction of sp³-hybridized carbons (Fsp3) is 0.452. The first kappa shape index (κ1) is 28.7. The molecule has 2 aromatic carbocycles. The van der Waals surface area contributed by atoms with E-state index in [1.807, 2.05) is 24.3 Å². The maximum absolute atomic E-state index is 13.1. The van der Waals surface area contributed by atoms with E-state index in [1.54, 1.807) is 25.1 Å². The van der Waals surface area contributed by atoms with E-state index in [2.05, 4.69) is 5.32 Å². The number of ether oxygens (including phenoxy) is 2. The summed E-state index contributed by atoms with van der Waals surface area (Å²) in [5.74, 6) is -1.17. The van der Waals surface area contributed by atoms with Crippen LogP contribution in [0, 0.1) is 11.8 Å². The van der Waals surface area contributed by atoms with Crippen LogP contribution >= 0.6 is 11.6 Å². The number of benzene rings is 2. The van der Waals surface area contributed by atoms with Gasteiger partial charge in [-0.05, 0) is 54.5 Å². The Morgan fingerprint density at radius 2 is 1.79 bits per heavy atom. The second-order valence-electron chi connectivity index (χ2n) is 10.5. The van der Waals surface area contributed by atoms with Crippen molar-refractivity contribution >= 4 is 29.3 Å². The second-order valence-corrected chi connectivity index (χ2v) is 11.0. The molecular weight excluding hydrogens is 518 g/mol. The van der Waals surface area contributed by atoms with Gasteiger partial charge in [-0.15, -0.1) is 0 Å². The highest BCUT2D eigenvalue weighted by molar-refractivity contribution is 6.31. The summed E-state index contributed by atoms with van der Waals surface area (Å²) in [6.45, 7) is 2.19. The van der Waals surface area contributed by atoms with Crippen molar-refractivity contribution in [3.8, 4) is 5.75 Å². The quantitative estimate of drug-likeness (QED) is 0.270. The van der Waals surface area contributed by atoms with Gasteiger partial charge in [-0.1, -0.05) is 74.9 Å². The Bertz CT molecular complexity index is 1230. The predicted molar refractivity (Wildman–Crippen MR) is 149 cm³/mol. The molecule has 0 aromatic heterocycles. The molecule has 8 heteroatoms. The van der Waals surface area contributed by atoms with E-state index in [4.69, 9.17) is 21.1 Å². The topological polar surface area (TPSA) is 102 Å². The van der Waals surface area contributed by atoms with Gasteiger partial charge in [0, 0.05) is 17.5 Å². The number of cyclic esters (lactones) is 1. The van der Waals surface area contributed by atoms with Crippen molar-refractivity contribution in [1.82, 2.24) is 5.32 Å². The normalized spacial score (nSPS) is 18.5. The van der Waals surface area contributed by atoms with Crippen LogP contribution in [0.1, 0.15) is 66.9 Å². The Labute approximate surface area is 234 Å². The molecule has 1 aliphatic heterocycles. The summed E-state index contributed by atoms with van der Waals surface area (Å²) in [6.07, 6.45) is 6.61. The molecule has 1 fully saturated rings. The van der Waals surface area contributed by atoms with Crippen molar-refractivity contribution in [2.75, 3.05) is 13.7 Å². The van der Waals surface area contributed by atoms with Crippen LogP contribution in [0.4, 0.5) is 0 Å². The summed E-state index contributed by atoms with van der Waals surface area (Å²) in [4.78, 5) is 38.1. The molecule has 39 heavy (non-hydrogen) atoms. The van der Waals surface area contributed by atoms with Gasteiger partial charge in [0.15, 0.2) is 17.6 Å². The number of Topliss-reactive ketones (excluding diaryl/α,β-unsaturated/α-hetero) is 1. The number of aliphatic hydroxyl groups is 1. The van der Waals surface area contributed by atoms with Crippen molar-refractivity contribution in [3.63, 3.8) is 0 Å². The molecule has 2 atom stereocenters. The van der Waals surface area contributed by atoms with Gasteiger partial charge in [-0.2, -0.15) is 0 Å². The van der Waals surface area contributed by atoms with Gasteiger partial charge in [0.25, 0.3) is 5.91 Å². The molecule has 0 bridgehead atoms. The third kappa shape index (κ3) is 7.21. The molecule has 2 aromatic rings. The van der Waals surface area contributed by atoms with Crippen LogP contribution in [0.15, 0.2) is 53.8 Å². The maximum Gasteiger partial charge on any atom is 0.346 e. The lowest BCUT2D eigenvalue weighted by Gasteiger charge is -2.23. The van der Waals surface area contributed by atoms with Crippen LogP contribution in [0.5, 0.6) is 5.75 Å². The zero-order chi connectivity index (χ0) is 27.9. The van der Waals surface area contributed by atoms with E-state index < -0.39 is 18.0 Å². The number of carbonyl (C=O) groups is 3. The molecule has 0 saturated heterocycles. The number of ketones is 1. The van der Waals surface area contributed by atoms with E-state index in [9.17, 15) is 19.5 Å². The van der Waals surface area contributed by atoms with Gasteiger partial charge in [0.05, 0.1) is 12.7 Å². The highest BCUT2D eigenvalue weighted by atomic mass is 35.5. The number of aliphatic hydroxyl groups excluding tert-OH is 1. The third-order valence-corrected chi connectivity index (χ3v) is 7.89. The Morgan fingerprint density at radius 1 is 1.10 bits per heavy atom. The lowest BCUT2D eigenvalue weighted by Crippen LogP contribution is -2.26. The molecule has 4 rings (SSSR count). The molecular formula is C31H36ClNO6. The van der Waals surface area contributed by atoms with Crippen molar-refractivity contribution in [1.29, 1.82) is 0 Å². The lowest BCUT2D eigenvalue weighted by molar-refractivity contribution is -0.142. The number of amides is 1. The fourth-order valence-corrected chi connectivity index (χ4v) is 5.60. The van der Waals surface area contributed by atoms with Crippen LogP contribution < -0.4 is 10.1 Å². The van der Waals surface area contributed by atoms with Gasteiger partial charge in [0.1, 0.15) is 11.3 Å². The van der Waals surface area contributed by atoms with E-state index in [0.29, 0.717) is 48.1 Å². The number of esters is 1. The van der Waals surface area contributed by atoms with Crippen molar-refractivity contribution in [2.24, 2.45) is 11.8 Å². The Hall–Kier alpha value is -3.32. The van der Waals surface area contributed by atoms with Crippen molar-refractivity contribution in [3.05, 3.63) is 75.5 Å². The first-order chi connectivity index (χ1) is 18.8. The minimum absolute atomic E-state index is 0.188.